The fraction of sp³-hybridized carbons (Fsp3) is 0.340. The van der Waals surface area contributed by atoms with Crippen molar-refractivity contribution in [3.8, 4) is 0 Å². The molecule has 8 nitrogen and oxygen atoms in total. The standard InChI is InChI=1S/C47H51N5O3/c1-7-33-26(2)37-21-40-36(25-52(23-31-14-10-8-11-15-31)24-32-16-12-9-13-17-32)28(4)44(50-40)30(6)45-27(3)34(18-19-42(54)55)46(51-45)35-20-41(53)43-29(5)38(49-47(35)43)22-39(33)48-37/h8-17,21-22,27,34,46,48-50H,7,18-20,23-25H2,1-6H3,(H,54,55)/b38-22-,40-21?,44-30?/t27-,34-,46?/m0/s1. The third-order valence-electron chi connectivity index (χ3n) is 12.5. The minimum atomic E-state index is -0.813. The van der Waals surface area contributed by atoms with Crippen LogP contribution in [0.1, 0.15) is 101 Å². The molecule has 0 saturated heterocycles. The highest BCUT2D eigenvalue weighted by atomic mass is 16.4. The van der Waals surface area contributed by atoms with Crippen LogP contribution >= 0.6 is 0 Å². The molecule has 3 aromatic heterocycles. The summed E-state index contributed by atoms with van der Waals surface area (Å²) in [5.41, 5.74) is 14.2. The summed E-state index contributed by atoms with van der Waals surface area (Å²) in [6.07, 6.45) is 6.13. The molecule has 0 spiro atoms. The zero-order valence-electron chi connectivity index (χ0n) is 32.8. The monoisotopic (exact) mass is 733 g/mol. The number of fused-ring (bicyclic) bond motifs is 7. The van der Waals surface area contributed by atoms with Crippen molar-refractivity contribution in [2.24, 2.45) is 16.8 Å². The molecule has 2 aliphatic heterocycles. The molecule has 0 fully saturated rings. The quantitative estimate of drug-likeness (QED) is 0.144. The Balaban J connectivity index is 1.37. The van der Waals surface area contributed by atoms with Crippen LogP contribution in [0.2, 0.25) is 0 Å². The number of carboxylic acids is 1. The molecule has 3 aliphatic rings. The molecule has 2 aromatic carbocycles. The lowest BCUT2D eigenvalue weighted by Gasteiger charge is -2.23. The van der Waals surface area contributed by atoms with Gasteiger partial charge >= 0.3 is 5.97 Å². The van der Waals surface area contributed by atoms with Gasteiger partial charge in [0.1, 0.15) is 0 Å². The number of hydrogen-bond donors (Lipinski definition) is 4. The van der Waals surface area contributed by atoms with Crippen LogP contribution in [0.4, 0.5) is 0 Å². The van der Waals surface area contributed by atoms with Crippen molar-refractivity contribution < 1.29 is 14.7 Å². The molecule has 4 N–H and O–H groups in total. The van der Waals surface area contributed by atoms with Gasteiger partial charge < -0.3 is 20.1 Å². The molecule has 1 aliphatic carbocycles. The number of Topliss-reactive ketones (excluding diaryl/α,β-unsaturated/α-hetero) is 1. The van der Waals surface area contributed by atoms with E-state index in [-0.39, 0.29) is 30.1 Å². The van der Waals surface area contributed by atoms with Crippen LogP contribution in [-0.4, -0.2) is 48.5 Å². The van der Waals surface area contributed by atoms with Crippen LogP contribution in [0.5, 0.6) is 0 Å². The van der Waals surface area contributed by atoms with E-state index in [1.165, 1.54) is 33.4 Å². The maximum Gasteiger partial charge on any atom is 0.303 e. The van der Waals surface area contributed by atoms with Crippen molar-refractivity contribution in [1.29, 1.82) is 0 Å². The van der Waals surface area contributed by atoms with Gasteiger partial charge in [-0.1, -0.05) is 74.5 Å². The van der Waals surface area contributed by atoms with Crippen molar-refractivity contribution >= 4 is 40.8 Å². The number of aliphatic carboxylic acids is 1. The summed E-state index contributed by atoms with van der Waals surface area (Å²) in [4.78, 5) is 45.0. The van der Waals surface area contributed by atoms with Gasteiger partial charge in [-0.2, -0.15) is 0 Å². The maximum atomic E-state index is 13.7. The van der Waals surface area contributed by atoms with E-state index in [0.29, 0.717) is 12.8 Å². The Bertz CT molecular complexity index is 2560. The van der Waals surface area contributed by atoms with Gasteiger partial charge in [0.25, 0.3) is 0 Å². The van der Waals surface area contributed by atoms with E-state index in [0.717, 1.165) is 86.8 Å². The molecule has 8 heteroatoms. The zero-order chi connectivity index (χ0) is 38.5. The van der Waals surface area contributed by atoms with Crippen molar-refractivity contribution in [3.63, 3.8) is 0 Å². The minimum Gasteiger partial charge on any atom is -0.481 e. The summed E-state index contributed by atoms with van der Waals surface area (Å²) >= 11 is 0. The fourth-order valence-corrected chi connectivity index (χ4v) is 9.51. The Morgan fingerprint density at radius 2 is 1.44 bits per heavy atom. The second-order valence-electron chi connectivity index (χ2n) is 15.8. The predicted molar refractivity (Wildman–Crippen MR) is 220 cm³/mol. The lowest BCUT2D eigenvalue weighted by Crippen LogP contribution is -2.27. The number of rotatable bonds is 10. The van der Waals surface area contributed by atoms with Crippen LogP contribution in [0, 0.1) is 32.6 Å². The Morgan fingerprint density at radius 1 is 0.800 bits per heavy atom. The number of aromatic amines is 3. The minimum absolute atomic E-state index is 0.0000769. The van der Waals surface area contributed by atoms with Crippen LogP contribution in [0.25, 0.3) is 23.3 Å². The first-order chi connectivity index (χ1) is 26.5. The lowest BCUT2D eigenvalue weighted by molar-refractivity contribution is -0.137. The summed E-state index contributed by atoms with van der Waals surface area (Å²) in [5, 5.41) is 13.7. The van der Waals surface area contributed by atoms with Gasteiger partial charge in [-0.3, -0.25) is 19.5 Å². The normalized spacial score (nSPS) is 19.5. The average molecular weight is 734 g/mol. The number of nitrogens with one attached hydrogen (secondary N) is 3. The third-order valence-corrected chi connectivity index (χ3v) is 12.5. The van der Waals surface area contributed by atoms with Crippen molar-refractivity contribution in [1.82, 2.24) is 19.9 Å². The molecule has 3 atom stereocenters. The van der Waals surface area contributed by atoms with Gasteiger partial charge in [-0.25, -0.2) is 0 Å². The molecule has 282 valence electrons. The number of nitrogens with zero attached hydrogens (tertiary/aromatic N) is 2. The summed E-state index contributed by atoms with van der Waals surface area (Å²) in [5.74, 6) is -0.757. The highest BCUT2D eigenvalue weighted by molar-refractivity contribution is 6.20. The number of ketones is 1. The van der Waals surface area contributed by atoms with Gasteiger partial charge in [-0.15, -0.1) is 0 Å². The number of aliphatic imine (C=N–C) groups is 1. The predicted octanol–water partition coefficient (Wildman–Crippen LogP) is 5.88. The molecule has 1 unspecified atom stereocenters. The number of carbonyl (C=O) groups excluding carboxylic acids is 1. The van der Waals surface area contributed by atoms with Crippen LogP contribution in [-0.2, 0) is 30.8 Å². The Morgan fingerprint density at radius 3 is 2.07 bits per heavy atom. The summed E-state index contributed by atoms with van der Waals surface area (Å²) in [7, 11) is 0. The molecule has 0 amide bonds. The third kappa shape index (κ3) is 6.67. The molecular formula is C47H51N5O3. The molecule has 8 rings (SSSR count). The lowest BCUT2D eigenvalue weighted by atomic mass is 9.80. The molecule has 5 aromatic rings. The Hall–Kier alpha value is -5.47. The van der Waals surface area contributed by atoms with Gasteiger partial charge in [0, 0.05) is 77.1 Å². The van der Waals surface area contributed by atoms with Gasteiger partial charge in [0.2, 0.25) is 0 Å². The van der Waals surface area contributed by atoms with Gasteiger partial charge in [0.15, 0.2) is 5.78 Å². The molecule has 0 radical (unpaired) electrons. The summed E-state index contributed by atoms with van der Waals surface area (Å²) in [6.45, 7) is 15.3. The van der Waals surface area contributed by atoms with Crippen LogP contribution < -0.4 is 21.4 Å². The SMILES string of the molecule is CCc1c2[nH]c(c1C)C=c1[nH]c(c(C)c1CN(Cc1ccccc1)Cc1ccccc1)=C(C)C1=NC(C3=c4[nH]/c(c(C)c4C(=O)C3)=C\2)[C@@H](CCC(=O)O)[C@@H]1C. The van der Waals surface area contributed by atoms with E-state index in [1.54, 1.807) is 0 Å². The van der Waals surface area contributed by atoms with E-state index in [4.69, 9.17) is 4.99 Å². The number of benzene rings is 2. The van der Waals surface area contributed by atoms with E-state index < -0.39 is 5.97 Å². The largest absolute Gasteiger partial charge is 0.481 e. The Labute approximate surface area is 322 Å². The first-order valence-corrected chi connectivity index (χ1v) is 19.7. The van der Waals surface area contributed by atoms with Crippen molar-refractivity contribution in [2.45, 2.75) is 92.9 Å². The number of hydrogen-bond acceptors (Lipinski definition) is 4. The number of carboxylic acid groups (broad SMARTS) is 1. The van der Waals surface area contributed by atoms with Gasteiger partial charge in [-0.05, 0) is 109 Å². The van der Waals surface area contributed by atoms with Crippen molar-refractivity contribution in [3.05, 3.63) is 138 Å². The molecule has 55 heavy (non-hydrogen) atoms. The zero-order valence-corrected chi connectivity index (χ0v) is 32.8. The van der Waals surface area contributed by atoms with Crippen molar-refractivity contribution in [2.75, 3.05) is 0 Å². The first kappa shape index (κ1) is 36.5. The highest BCUT2D eigenvalue weighted by Gasteiger charge is 2.42. The number of aromatic nitrogens is 3. The number of H-pyrrole nitrogens is 3. The van der Waals surface area contributed by atoms with E-state index in [2.05, 4.69) is 127 Å². The van der Waals surface area contributed by atoms with Crippen LogP contribution in [0.3, 0.4) is 0 Å². The topological polar surface area (TPSA) is 117 Å². The second kappa shape index (κ2) is 14.6. The average Bonchev–Trinajstić information content (AvgIpc) is 3.93. The molecule has 5 heterocycles. The summed E-state index contributed by atoms with van der Waals surface area (Å²) < 4.78 is 0. The Kier molecular flexibility index (Phi) is 9.72. The molecular weight excluding hydrogens is 683 g/mol. The highest BCUT2D eigenvalue weighted by Crippen LogP contribution is 2.40. The van der Waals surface area contributed by atoms with Gasteiger partial charge in [0.05, 0.1) is 11.4 Å². The first-order valence-electron chi connectivity index (χ1n) is 19.7. The maximum absolute atomic E-state index is 13.7. The van der Waals surface area contributed by atoms with E-state index >= 15 is 0 Å². The van der Waals surface area contributed by atoms with E-state index in [9.17, 15) is 14.7 Å². The van der Waals surface area contributed by atoms with E-state index in [1.807, 2.05) is 6.92 Å². The smallest absolute Gasteiger partial charge is 0.303 e. The molecule has 0 saturated carbocycles. The number of carbonyl (C=O) groups is 2. The second-order valence-corrected chi connectivity index (χ2v) is 15.8. The fourth-order valence-electron chi connectivity index (χ4n) is 9.51. The molecule has 8 bridgehead atoms. The summed E-state index contributed by atoms with van der Waals surface area (Å²) in [6, 6.07) is 21.1. The van der Waals surface area contributed by atoms with Crippen LogP contribution in [0.15, 0.2) is 65.7 Å².